The monoisotopic (exact) mass is 460 g/mol. The zero-order valence-electron chi connectivity index (χ0n) is 17.2. The Morgan fingerprint density at radius 3 is 2.78 bits per heavy atom. The highest BCUT2D eigenvalue weighted by atomic mass is 32.2. The molecule has 2 aromatic heterocycles. The number of halogens is 2. The molecule has 10 heteroatoms. The molecule has 3 aliphatic rings. The maximum atomic E-state index is 14.0. The summed E-state index contributed by atoms with van der Waals surface area (Å²) in [6.45, 7) is 0.569. The second-order valence-corrected chi connectivity index (χ2v) is 10.6. The SMILES string of the molecule is O=S(=O)(c1ccc(N2CCC(F)(F)C2)c(-c2cc3ncccc3[nH]2)c1)N1C[C@H]2C[C@@H]1CO2. The molecule has 6 rings (SSSR count). The number of anilines is 1. The van der Waals surface area contributed by atoms with Crippen LogP contribution < -0.4 is 4.90 Å². The van der Waals surface area contributed by atoms with Crippen LogP contribution in [-0.2, 0) is 14.8 Å². The van der Waals surface area contributed by atoms with E-state index in [1.807, 2.05) is 12.1 Å². The average Bonchev–Trinajstić information content (AvgIpc) is 3.56. The van der Waals surface area contributed by atoms with E-state index in [2.05, 4.69) is 9.97 Å². The van der Waals surface area contributed by atoms with E-state index >= 15 is 0 Å². The molecule has 0 radical (unpaired) electrons. The number of hydrogen-bond donors (Lipinski definition) is 1. The molecular formula is C22H22F2N4O3S. The first kappa shape index (κ1) is 20.1. The van der Waals surface area contributed by atoms with Crippen molar-refractivity contribution in [3.63, 3.8) is 0 Å². The summed E-state index contributed by atoms with van der Waals surface area (Å²) in [4.78, 5) is 9.37. The van der Waals surface area contributed by atoms with E-state index < -0.39 is 22.5 Å². The number of nitrogens with one attached hydrogen (secondary N) is 1. The van der Waals surface area contributed by atoms with Crippen molar-refractivity contribution in [2.24, 2.45) is 0 Å². The molecule has 1 aromatic carbocycles. The van der Waals surface area contributed by atoms with Gasteiger partial charge in [0, 0.05) is 37.0 Å². The smallest absolute Gasteiger partial charge is 0.266 e. The molecule has 3 fully saturated rings. The molecule has 168 valence electrons. The van der Waals surface area contributed by atoms with Crippen LogP contribution in [0.2, 0.25) is 0 Å². The van der Waals surface area contributed by atoms with E-state index in [9.17, 15) is 17.2 Å². The van der Waals surface area contributed by atoms with Crippen LogP contribution in [0.25, 0.3) is 22.3 Å². The number of ether oxygens (including phenoxy) is 1. The van der Waals surface area contributed by atoms with Crippen molar-refractivity contribution in [3.05, 3.63) is 42.6 Å². The lowest BCUT2D eigenvalue weighted by molar-refractivity contribution is 0.0257. The fourth-order valence-electron chi connectivity index (χ4n) is 5.00. The first-order valence-corrected chi connectivity index (χ1v) is 12.1. The van der Waals surface area contributed by atoms with E-state index in [4.69, 9.17) is 4.74 Å². The third-order valence-electron chi connectivity index (χ3n) is 6.61. The van der Waals surface area contributed by atoms with E-state index in [-0.39, 0.29) is 30.0 Å². The minimum atomic E-state index is -3.74. The van der Waals surface area contributed by atoms with Gasteiger partial charge in [-0.25, -0.2) is 17.2 Å². The van der Waals surface area contributed by atoms with Crippen molar-refractivity contribution < 1.29 is 21.9 Å². The van der Waals surface area contributed by atoms with Gasteiger partial charge in [0.25, 0.3) is 5.92 Å². The molecule has 2 bridgehead atoms. The van der Waals surface area contributed by atoms with E-state index in [0.717, 1.165) is 11.0 Å². The highest BCUT2D eigenvalue weighted by Gasteiger charge is 2.46. The molecule has 7 nitrogen and oxygen atoms in total. The van der Waals surface area contributed by atoms with Gasteiger partial charge in [0.05, 0.1) is 46.9 Å². The molecule has 0 aliphatic carbocycles. The van der Waals surface area contributed by atoms with Crippen LogP contribution in [0.4, 0.5) is 14.5 Å². The summed E-state index contributed by atoms with van der Waals surface area (Å²) in [5, 5.41) is 0. The molecule has 2 atom stereocenters. The number of pyridine rings is 1. The Balaban J connectivity index is 1.46. The number of benzene rings is 1. The Morgan fingerprint density at radius 1 is 1.22 bits per heavy atom. The van der Waals surface area contributed by atoms with Gasteiger partial charge in [0.1, 0.15) is 0 Å². The Morgan fingerprint density at radius 2 is 2.09 bits per heavy atom. The number of morpholine rings is 1. The van der Waals surface area contributed by atoms with Crippen LogP contribution >= 0.6 is 0 Å². The molecule has 1 N–H and O–H groups in total. The van der Waals surface area contributed by atoms with Crippen molar-refractivity contribution in [1.29, 1.82) is 0 Å². The Labute approximate surface area is 184 Å². The maximum absolute atomic E-state index is 14.0. The zero-order valence-corrected chi connectivity index (χ0v) is 18.0. The van der Waals surface area contributed by atoms with Crippen LogP contribution in [0.5, 0.6) is 0 Å². The molecule has 3 aromatic rings. The predicted molar refractivity (Wildman–Crippen MR) is 115 cm³/mol. The number of H-pyrrole nitrogens is 1. The lowest BCUT2D eigenvalue weighted by Gasteiger charge is -2.27. The summed E-state index contributed by atoms with van der Waals surface area (Å²) in [7, 11) is -3.74. The van der Waals surface area contributed by atoms with Crippen molar-refractivity contribution in [2.45, 2.75) is 35.8 Å². The van der Waals surface area contributed by atoms with Crippen molar-refractivity contribution in [3.8, 4) is 11.3 Å². The van der Waals surface area contributed by atoms with Crippen molar-refractivity contribution in [2.75, 3.05) is 31.1 Å². The third-order valence-corrected chi connectivity index (χ3v) is 8.53. The summed E-state index contributed by atoms with van der Waals surface area (Å²) in [5.74, 6) is -2.77. The Bertz CT molecular complexity index is 1280. The second kappa shape index (κ2) is 6.97. The van der Waals surface area contributed by atoms with Gasteiger partial charge in [-0.05, 0) is 42.8 Å². The Hall–Kier alpha value is -2.56. The normalized spacial score (nSPS) is 25.2. The maximum Gasteiger partial charge on any atom is 0.266 e. The van der Waals surface area contributed by atoms with E-state index in [1.54, 1.807) is 29.3 Å². The molecule has 5 heterocycles. The first-order chi connectivity index (χ1) is 15.3. The first-order valence-electron chi connectivity index (χ1n) is 10.6. The molecule has 3 aliphatic heterocycles. The number of rotatable bonds is 4. The number of hydrogen-bond acceptors (Lipinski definition) is 5. The van der Waals surface area contributed by atoms with Crippen molar-refractivity contribution in [1.82, 2.24) is 14.3 Å². The molecule has 0 amide bonds. The minimum Gasteiger partial charge on any atom is -0.375 e. The second-order valence-electron chi connectivity index (χ2n) is 8.75. The summed E-state index contributed by atoms with van der Waals surface area (Å²) >= 11 is 0. The number of aromatic amines is 1. The molecule has 3 saturated heterocycles. The topological polar surface area (TPSA) is 78.5 Å². The van der Waals surface area contributed by atoms with Crippen LogP contribution in [0.1, 0.15) is 12.8 Å². The summed E-state index contributed by atoms with van der Waals surface area (Å²) < 4.78 is 61.9. The fourth-order valence-corrected chi connectivity index (χ4v) is 6.68. The zero-order chi connectivity index (χ0) is 22.1. The van der Waals surface area contributed by atoms with Gasteiger partial charge in [-0.3, -0.25) is 4.98 Å². The largest absolute Gasteiger partial charge is 0.375 e. The highest BCUT2D eigenvalue weighted by molar-refractivity contribution is 7.89. The van der Waals surface area contributed by atoms with Crippen molar-refractivity contribution >= 4 is 26.7 Å². The standard InChI is InChI=1S/C22H22F2N4O3S/c23-22(24)5-7-27(13-22)21-4-3-16(32(29,30)28-11-15-8-14(28)12-31-15)9-17(21)19-10-20-18(26-19)2-1-6-25-20/h1-4,6,9-10,14-15,26H,5,7-8,11-13H2/t14-,15-/m1/s1. The average molecular weight is 461 g/mol. The van der Waals surface area contributed by atoms with Gasteiger partial charge < -0.3 is 14.6 Å². The highest BCUT2D eigenvalue weighted by Crippen LogP contribution is 2.40. The van der Waals surface area contributed by atoms with Gasteiger partial charge in [-0.2, -0.15) is 4.31 Å². The van der Waals surface area contributed by atoms with E-state index in [0.29, 0.717) is 36.5 Å². The van der Waals surface area contributed by atoms with Crippen LogP contribution in [-0.4, -0.2) is 67.0 Å². The Kier molecular flexibility index (Phi) is 4.37. The molecule has 0 spiro atoms. The lowest BCUT2D eigenvalue weighted by Crippen LogP contribution is -2.41. The summed E-state index contributed by atoms with van der Waals surface area (Å²) in [6, 6.07) is 10.1. The predicted octanol–water partition coefficient (Wildman–Crippen LogP) is 3.24. The summed E-state index contributed by atoms with van der Waals surface area (Å²) in [6.07, 6.45) is 2.10. The van der Waals surface area contributed by atoms with Crippen LogP contribution in [0.15, 0.2) is 47.5 Å². The number of sulfonamides is 1. The quantitative estimate of drug-likeness (QED) is 0.647. The third kappa shape index (κ3) is 3.20. The van der Waals surface area contributed by atoms with Crippen LogP contribution in [0, 0.1) is 0 Å². The minimum absolute atomic E-state index is 0.0554. The number of alkyl halides is 2. The molecule has 0 saturated carbocycles. The fraction of sp³-hybridized carbons (Fsp3) is 0.409. The van der Waals surface area contributed by atoms with Gasteiger partial charge >= 0.3 is 0 Å². The van der Waals surface area contributed by atoms with Gasteiger partial charge in [0.15, 0.2) is 0 Å². The van der Waals surface area contributed by atoms with Crippen LogP contribution in [0.3, 0.4) is 0 Å². The van der Waals surface area contributed by atoms with E-state index in [1.165, 1.54) is 10.4 Å². The molecule has 32 heavy (non-hydrogen) atoms. The van der Waals surface area contributed by atoms with Gasteiger partial charge in [-0.15, -0.1) is 0 Å². The van der Waals surface area contributed by atoms with Gasteiger partial charge in [-0.1, -0.05) is 0 Å². The molecule has 0 unspecified atom stereocenters. The molecular weight excluding hydrogens is 438 g/mol. The van der Waals surface area contributed by atoms with Gasteiger partial charge in [0.2, 0.25) is 10.0 Å². The lowest BCUT2D eigenvalue weighted by atomic mass is 10.1. The number of aromatic nitrogens is 2. The summed E-state index contributed by atoms with van der Waals surface area (Å²) in [5.41, 5.74) is 3.32. The number of nitrogens with zero attached hydrogens (tertiary/aromatic N) is 3. The number of fused-ring (bicyclic) bond motifs is 3.